The van der Waals surface area contributed by atoms with Gasteiger partial charge in [-0.3, -0.25) is 0 Å². The van der Waals surface area contributed by atoms with E-state index in [0.717, 1.165) is 5.56 Å². The summed E-state index contributed by atoms with van der Waals surface area (Å²) in [4.78, 5) is 4.23. The van der Waals surface area contributed by atoms with E-state index in [9.17, 15) is 0 Å². The van der Waals surface area contributed by atoms with Crippen LogP contribution in [0.15, 0.2) is 42.6 Å². The molecular formula is C15H14NO. The van der Waals surface area contributed by atoms with Crippen LogP contribution >= 0.6 is 0 Å². The summed E-state index contributed by atoms with van der Waals surface area (Å²) in [5, 5.41) is 0. The first-order valence-electron chi connectivity index (χ1n) is 5.82. The van der Waals surface area contributed by atoms with Gasteiger partial charge >= 0.3 is 0 Å². The zero-order valence-corrected chi connectivity index (χ0v) is 9.81. The molecule has 0 N–H and O–H groups in total. The summed E-state index contributed by atoms with van der Waals surface area (Å²) < 4.78 is 5.06. The first-order valence-corrected chi connectivity index (χ1v) is 5.82. The molecule has 85 valence electrons. The number of benzene rings is 1. The molecule has 1 aromatic carbocycles. The second-order valence-corrected chi connectivity index (χ2v) is 4.27. The Morgan fingerprint density at radius 3 is 2.47 bits per heavy atom. The lowest BCUT2D eigenvalue weighted by molar-refractivity contribution is 0.398. The fraction of sp³-hybridized carbons (Fsp3) is 0.200. The Balaban J connectivity index is 1.93. The van der Waals surface area contributed by atoms with Crippen LogP contribution in [0.3, 0.4) is 0 Å². The number of ether oxygens (including phenoxy) is 1. The van der Waals surface area contributed by atoms with Crippen molar-refractivity contribution in [2.24, 2.45) is 0 Å². The SMILES string of the molecule is COc1ccc(-c2cccc([C]3CC3)c2)cn1. The van der Waals surface area contributed by atoms with E-state index in [1.54, 1.807) is 13.0 Å². The van der Waals surface area contributed by atoms with E-state index in [4.69, 9.17) is 4.74 Å². The normalized spacial score (nSPS) is 14.6. The minimum atomic E-state index is 0.654. The Morgan fingerprint density at radius 2 is 1.82 bits per heavy atom. The molecule has 0 spiro atoms. The number of methoxy groups -OCH3 is 1. The first-order chi connectivity index (χ1) is 8.36. The van der Waals surface area contributed by atoms with Crippen LogP contribution in [-0.2, 0) is 0 Å². The summed E-state index contributed by atoms with van der Waals surface area (Å²) in [6.07, 6.45) is 4.37. The number of hydrogen-bond acceptors (Lipinski definition) is 2. The maximum Gasteiger partial charge on any atom is 0.212 e. The van der Waals surface area contributed by atoms with E-state index in [-0.39, 0.29) is 0 Å². The summed E-state index contributed by atoms with van der Waals surface area (Å²) in [7, 11) is 1.63. The molecule has 1 fully saturated rings. The summed E-state index contributed by atoms with van der Waals surface area (Å²) in [6, 6.07) is 12.6. The molecule has 1 heterocycles. The molecule has 1 saturated carbocycles. The van der Waals surface area contributed by atoms with Crippen LogP contribution in [0.1, 0.15) is 18.4 Å². The van der Waals surface area contributed by atoms with Crippen LogP contribution < -0.4 is 4.74 Å². The van der Waals surface area contributed by atoms with Crippen molar-refractivity contribution in [2.45, 2.75) is 12.8 Å². The van der Waals surface area contributed by atoms with Crippen molar-refractivity contribution in [3.8, 4) is 17.0 Å². The van der Waals surface area contributed by atoms with Crippen LogP contribution in [0.4, 0.5) is 0 Å². The van der Waals surface area contributed by atoms with Gasteiger partial charge in [-0.2, -0.15) is 0 Å². The van der Waals surface area contributed by atoms with E-state index in [0.29, 0.717) is 5.88 Å². The van der Waals surface area contributed by atoms with Crippen LogP contribution in [0.2, 0.25) is 0 Å². The molecule has 0 bridgehead atoms. The van der Waals surface area contributed by atoms with Gasteiger partial charge in [-0.15, -0.1) is 0 Å². The molecule has 0 saturated heterocycles. The highest BCUT2D eigenvalue weighted by Crippen LogP contribution is 2.39. The smallest absolute Gasteiger partial charge is 0.212 e. The molecule has 17 heavy (non-hydrogen) atoms. The van der Waals surface area contributed by atoms with E-state index in [1.165, 1.54) is 24.0 Å². The number of rotatable bonds is 3. The highest BCUT2D eigenvalue weighted by atomic mass is 16.5. The number of nitrogens with zero attached hydrogens (tertiary/aromatic N) is 1. The van der Waals surface area contributed by atoms with E-state index >= 15 is 0 Å². The Labute approximate surface area is 101 Å². The summed E-state index contributed by atoms with van der Waals surface area (Å²) in [6.45, 7) is 0. The Morgan fingerprint density at radius 1 is 1.00 bits per heavy atom. The first kappa shape index (κ1) is 10.3. The third-order valence-corrected chi connectivity index (χ3v) is 3.05. The van der Waals surface area contributed by atoms with Gasteiger partial charge in [0.1, 0.15) is 0 Å². The lowest BCUT2D eigenvalue weighted by atomic mass is 10.0. The van der Waals surface area contributed by atoms with Gasteiger partial charge in [0.2, 0.25) is 5.88 Å². The monoisotopic (exact) mass is 224 g/mol. The van der Waals surface area contributed by atoms with Crippen LogP contribution in [0.25, 0.3) is 11.1 Å². The third kappa shape index (κ3) is 2.16. The minimum Gasteiger partial charge on any atom is -0.481 e. The van der Waals surface area contributed by atoms with Gasteiger partial charge in [-0.05, 0) is 30.0 Å². The molecular weight excluding hydrogens is 210 g/mol. The number of hydrogen-bond donors (Lipinski definition) is 0. The fourth-order valence-corrected chi connectivity index (χ4v) is 1.94. The van der Waals surface area contributed by atoms with Gasteiger partial charge < -0.3 is 4.74 Å². The molecule has 1 radical (unpaired) electrons. The van der Waals surface area contributed by atoms with Crippen molar-refractivity contribution in [1.82, 2.24) is 4.98 Å². The second-order valence-electron chi connectivity index (χ2n) is 4.27. The summed E-state index contributed by atoms with van der Waals surface area (Å²) >= 11 is 0. The standard InChI is InChI=1S/C15H14NO/c1-17-15-8-7-14(10-16-15)13-4-2-3-12(9-13)11-5-6-11/h2-4,7-10H,5-6H2,1H3. The molecule has 0 atom stereocenters. The fourth-order valence-electron chi connectivity index (χ4n) is 1.94. The molecule has 2 aromatic rings. The topological polar surface area (TPSA) is 22.1 Å². The van der Waals surface area contributed by atoms with Crippen molar-refractivity contribution in [1.29, 1.82) is 0 Å². The van der Waals surface area contributed by atoms with Gasteiger partial charge in [0.05, 0.1) is 7.11 Å². The molecule has 2 nitrogen and oxygen atoms in total. The van der Waals surface area contributed by atoms with Crippen molar-refractivity contribution in [3.05, 3.63) is 54.1 Å². The highest BCUT2D eigenvalue weighted by Gasteiger charge is 2.24. The van der Waals surface area contributed by atoms with Crippen LogP contribution in [0, 0.1) is 5.92 Å². The third-order valence-electron chi connectivity index (χ3n) is 3.05. The van der Waals surface area contributed by atoms with Crippen LogP contribution in [-0.4, -0.2) is 12.1 Å². The zero-order valence-electron chi connectivity index (χ0n) is 9.81. The maximum absolute atomic E-state index is 5.06. The quantitative estimate of drug-likeness (QED) is 0.796. The Hall–Kier alpha value is -1.83. The minimum absolute atomic E-state index is 0.654. The Kier molecular flexibility index (Phi) is 2.56. The number of aromatic nitrogens is 1. The zero-order chi connectivity index (χ0) is 11.7. The lowest BCUT2D eigenvalue weighted by Gasteiger charge is -2.05. The average Bonchev–Trinajstić information content (AvgIpc) is 3.23. The molecule has 0 unspecified atom stereocenters. The largest absolute Gasteiger partial charge is 0.481 e. The molecule has 0 aliphatic heterocycles. The van der Waals surface area contributed by atoms with Crippen LogP contribution in [0.5, 0.6) is 5.88 Å². The molecule has 1 aliphatic rings. The highest BCUT2D eigenvalue weighted by molar-refractivity contribution is 5.65. The molecule has 3 rings (SSSR count). The molecule has 0 amide bonds. The lowest BCUT2D eigenvalue weighted by Crippen LogP contribution is -1.88. The number of pyridine rings is 1. The molecule has 2 heteroatoms. The second kappa shape index (κ2) is 4.21. The van der Waals surface area contributed by atoms with E-state index < -0.39 is 0 Å². The molecule has 1 aliphatic carbocycles. The van der Waals surface area contributed by atoms with Gasteiger partial charge in [0.25, 0.3) is 0 Å². The predicted octanol–water partition coefficient (Wildman–Crippen LogP) is 3.47. The van der Waals surface area contributed by atoms with E-state index in [2.05, 4.69) is 29.2 Å². The van der Waals surface area contributed by atoms with Gasteiger partial charge in [-0.1, -0.05) is 24.3 Å². The van der Waals surface area contributed by atoms with Crippen molar-refractivity contribution in [3.63, 3.8) is 0 Å². The van der Waals surface area contributed by atoms with Gasteiger partial charge in [-0.25, -0.2) is 4.98 Å². The summed E-state index contributed by atoms with van der Waals surface area (Å²) in [5.41, 5.74) is 3.73. The van der Waals surface area contributed by atoms with Crippen molar-refractivity contribution in [2.75, 3.05) is 7.11 Å². The maximum atomic E-state index is 5.06. The van der Waals surface area contributed by atoms with E-state index in [1.807, 2.05) is 18.3 Å². The molecule has 1 aromatic heterocycles. The van der Waals surface area contributed by atoms with Crippen molar-refractivity contribution < 1.29 is 4.74 Å². The predicted molar refractivity (Wildman–Crippen MR) is 67.8 cm³/mol. The Bertz CT molecular complexity index is 515. The van der Waals surface area contributed by atoms with Crippen molar-refractivity contribution >= 4 is 0 Å². The van der Waals surface area contributed by atoms with Gasteiger partial charge in [0.15, 0.2) is 0 Å². The van der Waals surface area contributed by atoms with Gasteiger partial charge in [0, 0.05) is 23.7 Å². The average molecular weight is 224 g/mol. The summed E-state index contributed by atoms with van der Waals surface area (Å²) in [5.74, 6) is 2.22.